The molecule has 62 heavy (non-hydrogen) atoms. The van der Waals surface area contributed by atoms with E-state index < -0.39 is 0 Å². The average molecular weight is 789 g/mol. The van der Waals surface area contributed by atoms with Gasteiger partial charge in [0.2, 0.25) is 0 Å². The first kappa shape index (κ1) is 34.1. The van der Waals surface area contributed by atoms with Gasteiger partial charge in [0.15, 0.2) is 0 Å². The van der Waals surface area contributed by atoms with Gasteiger partial charge in [-0.15, -0.1) is 0 Å². The van der Waals surface area contributed by atoms with Crippen LogP contribution in [-0.4, -0.2) is 18.3 Å². The van der Waals surface area contributed by atoms with E-state index in [1.165, 1.54) is 0 Å². The monoisotopic (exact) mass is 788 g/mol. The minimum atomic E-state index is 0.314. The van der Waals surface area contributed by atoms with E-state index in [1.54, 1.807) is 0 Å². The molecular formula is C56H32N6. The van der Waals surface area contributed by atoms with Crippen molar-refractivity contribution in [1.82, 2.24) is 18.3 Å². The highest BCUT2D eigenvalue weighted by Gasteiger charge is 2.27. The van der Waals surface area contributed by atoms with Crippen LogP contribution in [0.5, 0.6) is 0 Å². The van der Waals surface area contributed by atoms with Crippen molar-refractivity contribution in [3.63, 3.8) is 0 Å². The molecule has 0 unspecified atom stereocenters. The molecule has 0 aliphatic heterocycles. The highest BCUT2D eigenvalue weighted by molar-refractivity contribution is 6.25. The Hall–Kier alpha value is -8.84. The second kappa shape index (κ2) is 12.8. The van der Waals surface area contributed by atoms with Gasteiger partial charge in [-0.25, -0.2) is 0 Å². The Morgan fingerprint density at radius 1 is 0.258 bits per heavy atom. The zero-order valence-electron chi connectivity index (χ0n) is 33.2. The van der Waals surface area contributed by atoms with Crippen LogP contribution in [0.3, 0.4) is 0 Å². The molecule has 286 valence electrons. The fourth-order valence-corrected chi connectivity index (χ4v) is 10.4. The standard InChI is InChI=1S/C56H32N6/c57-33-45-46(34-58)52(62-50-26-14-10-22-40(50)44-30-28-42-38-20-8-12-24-48(38)60(54(42)56(44)62)36-17-5-2-6-18-36)32-31-51(45)61-49-25-13-9-21-39(49)43-29-27-41-37-19-7-11-23-47(37)59(53(41)55(43)61)35-15-3-1-4-16-35/h1-32H. The molecule has 0 fully saturated rings. The Morgan fingerprint density at radius 3 is 0.855 bits per heavy atom. The minimum Gasteiger partial charge on any atom is -0.307 e. The van der Waals surface area contributed by atoms with Crippen LogP contribution in [0.4, 0.5) is 0 Å². The van der Waals surface area contributed by atoms with Crippen molar-refractivity contribution in [1.29, 1.82) is 10.5 Å². The van der Waals surface area contributed by atoms with Gasteiger partial charge in [0.25, 0.3) is 0 Å². The third-order valence-electron chi connectivity index (χ3n) is 12.8. The van der Waals surface area contributed by atoms with Gasteiger partial charge in [-0.1, -0.05) is 133 Å². The van der Waals surface area contributed by atoms with Crippen molar-refractivity contribution in [3.05, 3.63) is 205 Å². The van der Waals surface area contributed by atoms with Crippen LogP contribution in [0.25, 0.3) is 110 Å². The van der Waals surface area contributed by atoms with Crippen LogP contribution in [0.2, 0.25) is 0 Å². The highest BCUT2D eigenvalue weighted by Crippen LogP contribution is 2.45. The highest BCUT2D eigenvalue weighted by atomic mass is 15.1. The van der Waals surface area contributed by atoms with E-state index in [4.69, 9.17) is 0 Å². The summed E-state index contributed by atoms with van der Waals surface area (Å²) in [7, 11) is 0. The topological polar surface area (TPSA) is 67.3 Å². The summed E-state index contributed by atoms with van der Waals surface area (Å²) in [5.41, 5.74) is 12.2. The Bertz CT molecular complexity index is 3840. The van der Waals surface area contributed by atoms with Crippen LogP contribution in [0, 0.1) is 22.7 Å². The molecule has 0 saturated carbocycles. The fraction of sp³-hybridized carbons (Fsp3) is 0. The third kappa shape index (κ3) is 4.45. The molecule has 4 heterocycles. The van der Waals surface area contributed by atoms with Crippen LogP contribution in [0.15, 0.2) is 194 Å². The first-order valence-corrected chi connectivity index (χ1v) is 20.7. The minimum absolute atomic E-state index is 0.314. The average Bonchev–Trinajstić information content (AvgIpc) is 4.07. The van der Waals surface area contributed by atoms with Gasteiger partial charge >= 0.3 is 0 Å². The molecule has 0 aliphatic carbocycles. The molecule has 0 aliphatic rings. The molecule has 0 saturated heterocycles. The lowest BCUT2D eigenvalue weighted by Gasteiger charge is -2.17. The van der Waals surface area contributed by atoms with Gasteiger partial charge in [-0.05, 0) is 60.7 Å². The van der Waals surface area contributed by atoms with Crippen LogP contribution >= 0.6 is 0 Å². The quantitative estimate of drug-likeness (QED) is 0.178. The molecule has 13 aromatic rings. The molecule has 0 radical (unpaired) electrons. The smallest absolute Gasteiger partial charge is 0.103 e. The summed E-state index contributed by atoms with van der Waals surface area (Å²) >= 11 is 0. The lowest BCUT2D eigenvalue weighted by atomic mass is 10.0. The normalized spacial score (nSPS) is 11.8. The maximum absolute atomic E-state index is 11.4. The molecule has 0 spiro atoms. The van der Waals surface area contributed by atoms with Crippen LogP contribution < -0.4 is 0 Å². The zero-order valence-corrected chi connectivity index (χ0v) is 33.2. The molecular weight excluding hydrogens is 757 g/mol. The van der Waals surface area contributed by atoms with E-state index in [2.05, 4.69) is 188 Å². The van der Waals surface area contributed by atoms with Gasteiger partial charge in [-0.2, -0.15) is 10.5 Å². The molecule has 0 N–H and O–H groups in total. The second-order valence-corrected chi connectivity index (χ2v) is 15.9. The number of hydrogen-bond acceptors (Lipinski definition) is 2. The van der Waals surface area contributed by atoms with Crippen molar-refractivity contribution in [3.8, 4) is 34.9 Å². The van der Waals surface area contributed by atoms with E-state index in [9.17, 15) is 10.5 Å². The van der Waals surface area contributed by atoms with Gasteiger partial charge in [0, 0.05) is 54.5 Å². The summed E-state index contributed by atoms with van der Waals surface area (Å²) in [6, 6.07) is 72.8. The summed E-state index contributed by atoms with van der Waals surface area (Å²) in [5, 5.41) is 31.6. The predicted octanol–water partition coefficient (Wildman–Crippen LogP) is 13.8. The maximum Gasteiger partial charge on any atom is 0.103 e. The first-order valence-electron chi connectivity index (χ1n) is 20.7. The largest absolute Gasteiger partial charge is 0.307 e. The summed E-state index contributed by atoms with van der Waals surface area (Å²) < 4.78 is 9.10. The Labute approximate surface area is 354 Å². The third-order valence-corrected chi connectivity index (χ3v) is 12.8. The lowest BCUT2D eigenvalue weighted by molar-refractivity contribution is 1.11. The molecule has 0 bridgehead atoms. The van der Waals surface area contributed by atoms with E-state index in [1.807, 2.05) is 36.4 Å². The van der Waals surface area contributed by atoms with Gasteiger partial charge in [0.05, 0.1) is 66.6 Å². The summed E-state index contributed by atoms with van der Waals surface area (Å²) in [6.45, 7) is 0. The van der Waals surface area contributed by atoms with E-state index >= 15 is 0 Å². The second-order valence-electron chi connectivity index (χ2n) is 15.9. The van der Waals surface area contributed by atoms with E-state index in [-0.39, 0.29) is 0 Å². The molecule has 0 amide bonds. The number of hydrogen-bond donors (Lipinski definition) is 0. The molecule has 4 aromatic heterocycles. The number of nitriles is 2. The predicted molar refractivity (Wildman–Crippen MR) is 253 cm³/mol. The van der Waals surface area contributed by atoms with Crippen LogP contribution in [-0.2, 0) is 0 Å². The number of aromatic nitrogens is 4. The number of para-hydroxylation sites is 6. The molecule has 13 rings (SSSR count). The lowest BCUT2D eigenvalue weighted by Crippen LogP contribution is -2.06. The molecule has 6 nitrogen and oxygen atoms in total. The summed E-state index contributed by atoms with van der Waals surface area (Å²) in [5.74, 6) is 0. The van der Waals surface area contributed by atoms with Crippen molar-refractivity contribution in [2.75, 3.05) is 0 Å². The molecule has 6 heteroatoms. The van der Waals surface area contributed by atoms with Gasteiger partial charge < -0.3 is 18.3 Å². The Balaban J connectivity index is 1.18. The summed E-state index contributed by atoms with van der Waals surface area (Å²) in [6.07, 6.45) is 0. The summed E-state index contributed by atoms with van der Waals surface area (Å²) in [4.78, 5) is 0. The number of benzene rings is 9. The molecule has 0 atom stereocenters. The zero-order chi connectivity index (χ0) is 41.1. The fourth-order valence-electron chi connectivity index (χ4n) is 10.4. The number of fused-ring (bicyclic) bond motifs is 14. The van der Waals surface area contributed by atoms with Crippen LogP contribution in [0.1, 0.15) is 11.1 Å². The van der Waals surface area contributed by atoms with Crippen molar-refractivity contribution in [2.45, 2.75) is 0 Å². The van der Waals surface area contributed by atoms with E-state index in [0.717, 1.165) is 98.6 Å². The first-order chi connectivity index (χ1) is 30.7. The Morgan fingerprint density at radius 2 is 0.532 bits per heavy atom. The maximum atomic E-state index is 11.4. The SMILES string of the molecule is N#Cc1c(-n2c3ccccc3c3ccc4c5ccccc5n(-c5ccccc5)c4c32)ccc(-n2c3ccccc3c3ccc4c5ccccc5n(-c5ccccc5)c4c32)c1C#N. The molecule has 9 aromatic carbocycles. The van der Waals surface area contributed by atoms with Gasteiger partial charge in [-0.3, -0.25) is 0 Å². The van der Waals surface area contributed by atoms with Crippen molar-refractivity contribution < 1.29 is 0 Å². The van der Waals surface area contributed by atoms with Crippen molar-refractivity contribution >= 4 is 87.2 Å². The number of nitrogens with zero attached hydrogens (tertiary/aromatic N) is 6. The van der Waals surface area contributed by atoms with Crippen molar-refractivity contribution in [2.24, 2.45) is 0 Å². The van der Waals surface area contributed by atoms with E-state index in [0.29, 0.717) is 22.5 Å². The Kier molecular flexibility index (Phi) is 7.05. The van der Waals surface area contributed by atoms with Gasteiger partial charge in [0.1, 0.15) is 12.1 Å². The number of rotatable bonds is 4.